The maximum atomic E-state index is 11.9. The summed E-state index contributed by atoms with van der Waals surface area (Å²) in [7, 11) is 0. The minimum atomic E-state index is -0.446. The van der Waals surface area contributed by atoms with Gasteiger partial charge in [0.25, 0.3) is 5.91 Å². The maximum Gasteiger partial charge on any atom is 0.328 e. The highest BCUT2D eigenvalue weighted by atomic mass is 16.5. The van der Waals surface area contributed by atoms with Crippen LogP contribution < -0.4 is 5.32 Å². The maximum absolute atomic E-state index is 11.9. The van der Waals surface area contributed by atoms with Crippen molar-refractivity contribution in [3.05, 3.63) is 17.5 Å². The van der Waals surface area contributed by atoms with Gasteiger partial charge in [-0.25, -0.2) is 0 Å². The van der Waals surface area contributed by atoms with Crippen LogP contribution in [-0.2, 0) is 20.9 Å². The largest absolute Gasteiger partial charge is 0.454 e. The summed E-state index contributed by atoms with van der Waals surface area (Å²) in [5.74, 6) is -0.179. The Bertz CT molecular complexity index is 539. The van der Waals surface area contributed by atoms with E-state index >= 15 is 0 Å². The van der Waals surface area contributed by atoms with Crippen LogP contribution >= 0.6 is 0 Å². The summed E-state index contributed by atoms with van der Waals surface area (Å²) in [6.45, 7) is 5.71. The van der Waals surface area contributed by atoms with E-state index < -0.39 is 5.97 Å². The molecule has 1 amide bonds. The molecule has 1 heterocycles. The van der Waals surface area contributed by atoms with Crippen molar-refractivity contribution >= 4 is 11.9 Å². The van der Waals surface area contributed by atoms with E-state index in [1.807, 2.05) is 19.9 Å². The monoisotopic (exact) mass is 307 g/mol. The molecule has 0 unspecified atom stereocenters. The molecule has 22 heavy (non-hydrogen) atoms. The van der Waals surface area contributed by atoms with Crippen LogP contribution in [0.25, 0.3) is 0 Å². The second-order valence-corrected chi connectivity index (χ2v) is 6.18. The molecule has 0 spiro atoms. The molecule has 1 saturated carbocycles. The molecular formula is C16H25N3O3. The van der Waals surface area contributed by atoms with Crippen LogP contribution in [-0.4, -0.2) is 34.3 Å². The molecule has 1 N–H and O–H groups in total. The highest BCUT2D eigenvalue weighted by Gasteiger charge is 2.23. The van der Waals surface area contributed by atoms with Crippen molar-refractivity contribution in [3.63, 3.8) is 0 Å². The van der Waals surface area contributed by atoms with Crippen LogP contribution in [0.4, 0.5) is 0 Å². The highest BCUT2D eigenvalue weighted by Crippen LogP contribution is 2.23. The average Bonchev–Trinajstić information content (AvgIpc) is 2.77. The molecule has 0 aromatic carbocycles. The predicted octanol–water partition coefficient (Wildman–Crippen LogP) is 1.74. The van der Waals surface area contributed by atoms with Gasteiger partial charge in [-0.2, -0.15) is 5.10 Å². The van der Waals surface area contributed by atoms with Crippen molar-refractivity contribution < 1.29 is 14.3 Å². The molecule has 122 valence electrons. The number of aromatic nitrogens is 2. The Morgan fingerprint density at radius 2 is 2.09 bits per heavy atom. The van der Waals surface area contributed by atoms with Gasteiger partial charge in [0, 0.05) is 11.7 Å². The van der Waals surface area contributed by atoms with Crippen molar-refractivity contribution in [1.82, 2.24) is 15.1 Å². The second-order valence-electron chi connectivity index (χ2n) is 6.18. The van der Waals surface area contributed by atoms with Crippen molar-refractivity contribution in [2.75, 3.05) is 6.61 Å². The lowest BCUT2D eigenvalue weighted by molar-refractivity contribution is -0.149. The Morgan fingerprint density at radius 1 is 1.36 bits per heavy atom. The zero-order valence-corrected chi connectivity index (χ0v) is 13.6. The van der Waals surface area contributed by atoms with Crippen molar-refractivity contribution in [1.29, 1.82) is 0 Å². The van der Waals surface area contributed by atoms with E-state index in [4.69, 9.17) is 4.74 Å². The number of rotatable bonds is 5. The fraction of sp³-hybridized carbons (Fsp3) is 0.688. The van der Waals surface area contributed by atoms with Crippen molar-refractivity contribution in [3.8, 4) is 0 Å². The lowest BCUT2D eigenvalue weighted by Crippen LogP contribution is -2.43. The van der Waals surface area contributed by atoms with E-state index in [9.17, 15) is 9.59 Å². The Morgan fingerprint density at radius 3 is 2.73 bits per heavy atom. The lowest BCUT2D eigenvalue weighted by atomic mass is 9.86. The molecule has 1 aromatic rings. The van der Waals surface area contributed by atoms with E-state index in [0.29, 0.717) is 5.92 Å². The van der Waals surface area contributed by atoms with Gasteiger partial charge in [-0.3, -0.25) is 14.3 Å². The smallest absolute Gasteiger partial charge is 0.328 e. The van der Waals surface area contributed by atoms with Crippen LogP contribution in [0, 0.1) is 19.8 Å². The Kier molecular flexibility index (Phi) is 5.57. The van der Waals surface area contributed by atoms with Gasteiger partial charge in [0.2, 0.25) is 0 Å². The average molecular weight is 307 g/mol. The van der Waals surface area contributed by atoms with Gasteiger partial charge in [-0.1, -0.05) is 19.8 Å². The SMILES string of the molecule is Cc1cc(C)n(CC(=O)OCC(=O)N[C@@H]2CCCC[C@H]2C)n1. The minimum absolute atomic E-state index is 0.0345. The molecule has 1 aliphatic carbocycles. The molecule has 2 atom stereocenters. The van der Waals surface area contributed by atoms with Crippen LogP contribution in [0.1, 0.15) is 44.0 Å². The molecule has 1 aromatic heterocycles. The van der Waals surface area contributed by atoms with Gasteiger partial charge >= 0.3 is 5.97 Å². The van der Waals surface area contributed by atoms with Crippen LogP contribution in [0.5, 0.6) is 0 Å². The lowest BCUT2D eigenvalue weighted by Gasteiger charge is -2.29. The third-order valence-electron chi connectivity index (χ3n) is 4.20. The first-order valence-electron chi connectivity index (χ1n) is 7.91. The summed E-state index contributed by atoms with van der Waals surface area (Å²) in [5.41, 5.74) is 1.75. The first-order chi connectivity index (χ1) is 10.5. The Balaban J connectivity index is 1.73. The van der Waals surface area contributed by atoms with E-state index in [-0.39, 0.29) is 25.1 Å². The number of carbonyl (C=O) groups excluding carboxylic acids is 2. The third-order valence-corrected chi connectivity index (χ3v) is 4.20. The number of nitrogens with zero attached hydrogens (tertiary/aromatic N) is 2. The Labute approximate surface area is 131 Å². The van der Waals surface area contributed by atoms with E-state index in [1.54, 1.807) is 4.68 Å². The fourth-order valence-corrected chi connectivity index (χ4v) is 2.93. The summed E-state index contributed by atoms with van der Waals surface area (Å²) in [4.78, 5) is 23.6. The highest BCUT2D eigenvalue weighted by molar-refractivity contribution is 5.80. The van der Waals surface area contributed by atoms with E-state index in [2.05, 4.69) is 17.3 Å². The summed E-state index contributed by atoms with van der Waals surface area (Å²) in [6.07, 6.45) is 4.52. The van der Waals surface area contributed by atoms with Gasteiger partial charge in [-0.05, 0) is 38.7 Å². The molecule has 0 aliphatic heterocycles. The summed E-state index contributed by atoms with van der Waals surface area (Å²) in [5, 5.41) is 7.16. The molecule has 0 radical (unpaired) electrons. The zero-order chi connectivity index (χ0) is 16.1. The molecule has 1 aliphatic rings. The molecule has 2 rings (SSSR count). The van der Waals surface area contributed by atoms with Gasteiger partial charge in [0.1, 0.15) is 6.54 Å². The molecular weight excluding hydrogens is 282 g/mol. The number of aryl methyl sites for hydroxylation is 2. The van der Waals surface area contributed by atoms with Crippen LogP contribution in [0.15, 0.2) is 6.07 Å². The van der Waals surface area contributed by atoms with Gasteiger partial charge in [-0.15, -0.1) is 0 Å². The third kappa shape index (κ3) is 4.58. The molecule has 0 bridgehead atoms. The number of ether oxygens (including phenoxy) is 1. The van der Waals surface area contributed by atoms with Crippen molar-refractivity contribution in [2.45, 2.75) is 59.0 Å². The molecule has 6 nitrogen and oxygen atoms in total. The zero-order valence-electron chi connectivity index (χ0n) is 13.6. The predicted molar refractivity (Wildman–Crippen MR) is 82.2 cm³/mol. The number of hydrogen-bond acceptors (Lipinski definition) is 4. The minimum Gasteiger partial charge on any atom is -0.454 e. The van der Waals surface area contributed by atoms with Gasteiger partial charge in [0.15, 0.2) is 6.61 Å². The topological polar surface area (TPSA) is 73.2 Å². The van der Waals surface area contributed by atoms with E-state index in [1.165, 1.54) is 6.42 Å². The second kappa shape index (κ2) is 7.42. The number of carbonyl (C=O) groups is 2. The van der Waals surface area contributed by atoms with Crippen molar-refractivity contribution in [2.24, 2.45) is 5.92 Å². The Hall–Kier alpha value is -1.85. The summed E-state index contributed by atoms with van der Waals surface area (Å²) < 4.78 is 6.62. The quantitative estimate of drug-likeness (QED) is 0.841. The number of amides is 1. The normalized spacial score (nSPS) is 21.4. The summed E-state index contributed by atoms with van der Waals surface area (Å²) in [6, 6.07) is 2.10. The van der Waals surface area contributed by atoms with E-state index in [0.717, 1.165) is 30.7 Å². The number of hydrogen-bond donors (Lipinski definition) is 1. The van der Waals surface area contributed by atoms with Gasteiger partial charge < -0.3 is 10.1 Å². The first-order valence-corrected chi connectivity index (χ1v) is 7.91. The van der Waals surface area contributed by atoms with Crippen LogP contribution in [0.3, 0.4) is 0 Å². The van der Waals surface area contributed by atoms with Gasteiger partial charge in [0.05, 0.1) is 5.69 Å². The molecule has 1 fully saturated rings. The molecule has 0 saturated heterocycles. The number of esters is 1. The number of nitrogens with one attached hydrogen (secondary N) is 1. The molecule has 6 heteroatoms. The standard InChI is InChI=1S/C16H25N3O3/c1-11-6-4-5-7-14(11)17-15(20)10-22-16(21)9-19-13(3)8-12(2)18-19/h8,11,14H,4-7,9-10H2,1-3H3,(H,17,20)/t11-,14-/m1/s1. The van der Waals surface area contributed by atoms with Crippen LogP contribution in [0.2, 0.25) is 0 Å². The summed E-state index contributed by atoms with van der Waals surface area (Å²) >= 11 is 0. The fourth-order valence-electron chi connectivity index (χ4n) is 2.93. The first kappa shape index (κ1) is 16.5.